The van der Waals surface area contributed by atoms with Gasteiger partial charge < -0.3 is 10.6 Å². The van der Waals surface area contributed by atoms with E-state index < -0.39 is 0 Å². The van der Waals surface area contributed by atoms with E-state index in [2.05, 4.69) is 45.8 Å². The predicted octanol–water partition coefficient (Wildman–Crippen LogP) is 3.20. The first-order chi connectivity index (χ1) is 13.6. The van der Waals surface area contributed by atoms with Crippen molar-refractivity contribution in [2.75, 3.05) is 11.9 Å². The lowest BCUT2D eigenvalue weighted by Crippen LogP contribution is -2.44. The minimum absolute atomic E-state index is 0.0993. The van der Waals surface area contributed by atoms with Gasteiger partial charge in [0.25, 0.3) is 0 Å². The number of benzene rings is 1. The van der Waals surface area contributed by atoms with E-state index in [0.717, 1.165) is 35.9 Å². The predicted molar refractivity (Wildman–Crippen MR) is 109 cm³/mol. The molecule has 1 aromatic carbocycles. The fraction of sp³-hybridized carbons (Fsp3) is 0.409. The Morgan fingerprint density at radius 2 is 2.11 bits per heavy atom. The Hall–Kier alpha value is -2.73. The summed E-state index contributed by atoms with van der Waals surface area (Å²) in [5.41, 5.74) is 2.45. The molecule has 1 saturated carbocycles. The van der Waals surface area contributed by atoms with E-state index in [9.17, 15) is 4.79 Å². The molecule has 0 radical (unpaired) electrons. The Morgan fingerprint density at radius 3 is 2.93 bits per heavy atom. The molecule has 28 heavy (non-hydrogen) atoms. The molecule has 3 heterocycles. The van der Waals surface area contributed by atoms with Gasteiger partial charge in [-0.25, -0.2) is 0 Å². The Morgan fingerprint density at radius 1 is 1.25 bits per heavy atom. The molecule has 2 fully saturated rings. The van der Waals surface area contributed by atoms with Crippen LogP contribution in [0.1, 0.15) is 31.7 Å². The van der Waals surface area contributed by atoms with Gasteiger partial charge in [-0.2, -0.15) is 5.10 Å². The number of para-hydroxylation sites is 1. The number of aromatic nitrogens is 3. The van der Waals surface area contributed by atoms with Crippen LogP contribution in [0.4, 0.5) is 5.82 Å². The quantitative estimate of drug-likeness (QED) is 0.735. The number of pyridine rings is 1. The van der Waals surface area contributed by atoms with Gasteiger partial charge in [0.1, 0.15) is 0 Å². The Kier molecular flexibility index (Phi) is 4.16. The topological polar surface area (TPSA) is 71.8 Å². The van der Waals surface area contributed by atoms with Crippen LogP contribution in [0.3, 0.4) is 0 Å². The number of carbonyl (C=O) groups excluding carboxylic acids is 1. The van der Waals surface area contributed by atoms with Gasteiger partial charge in [0, 0.05) is 42.4 Å². The second kappa shape index (κ2) is 6.71. The number of amides is 1. The highest BCUT2D eigenvalue weighted by Gasteiger charge is 2.50. The van der Waals surface area contributed by atoms with Crippen molar-refractivity contribution in [2.45, 2.75) is 38.8 Å². The second-order valence-corrected chi connectivity index (χ2v) is 8.47. The van der Waals surface area contributed by atoms with Crippen LogP contribution >= 0.6 is 0 Å². The summed E-state index contributed by atoms with van der Waals surface area (Å²) in [7, 11) is 0. The minimum Gasteiger partial charge on any atom is -0.314 e. The van der Waals surface area contributed by atoms with Crippen molar-refractivity contribution >= 4 is 22.6 Å². The van der Waals surface area contributed by atoms with E-state index in [1.165, 1.54) is 6.42 Å². The van der Waals surface area contributed by atoms with Crippen molar-refractivity contribution in [2.24, 2.45) is 11.3 Å². The Labute approximate surface area is 164 Å². The summed E-state index contributed by atoms with van der Waals surface area (Å²) < 4.78 is 1.85. The Balaban J connectivity index is 1.22. The molecule has 1 spiro atoms. The van der Waals surface area contributed by atoms with Crippen molar-refractivity contribution in [3.63, 3.8) is 0 Å². The summed E-state index contributed by atoms with van der Waals surface area (Å²) in [5, 5.41) is 12.2. The van der Waals surface area contributed by atoms with Crippen LogP contribution in [0.2, 0.25) is 0 Å². The molecule has 6 heteroatoms. The number of fused-ring (bicyclic) bond motifs is 1. The zero-order valence-corrected chi connectivity index (χ0v) is 16.1. The Bertz CT molecular complexity index is 1020. The van der Waals surface area contributed by atoms with E-state index in [1.807, 2.05) is 35.3 Å². The van der Waals surface area contributed by atoms with Crippen molar-refractivity contribution in [1.82, 2.24) is 20.1 Å². The summed E-state index contributed by atoms with van der Waals surface area (Å²) in [6.45, 7) is 3.90. The van der Waals surface area contributed by atoms with Gasteiger partial charge in [-0.1, -0.05) is 24.3 Å². The van der Waals surface area contributed by atoms with Gasteiger partial charge in [0.05, 0.1) is 12.1 Å². The lowest BCUT2D eigenvalue weighted by atomic mass is 9.60. The lowest BCUT2D eigenvalue weighted by Gasteiger charge is -2.43. The highest BCUT2D eigenvalue weighted by atomic mass is 16.2. The van der Waals surface area contributed by atoms with Crippen LogP contribution in [0.5, 0.6) is 0 Å². The molecule has 2 aromatic heterocycles. The minimum atomic E-state index is 0.0993. The summed E-state index contributed by atoms with van der Waals surface area (Å²) in [4.78, 5) is 17.1. The molecule has 1 saturated heterocycles. The van der Waals surface area contributed by atoms with Crippen LogP contribution in [0, 0.1) is 11.3 Å². The first-order valence-corrected chi connectivity index (χ1v) is 10.0. The van der Waals surface area contributed by atoms with Crippen molar-refractivity contribution < 1.29 is 4.79 Å². The normalized spacial score (nSPS) is 26.5. The number of nitrogens with one attached hydrogen (secondary N) is 2. The van der Waals surface area contributed by atoms with Gasteiger partial charge >= 0.3 is 0 Å². The lowest BCUT2D eigenvalue weighted by molar-refractivity contribution is -0.126. The molecule has 1 atom stereocenters. The van der Waals surface area contributed by atoms with E-state index in [-0.39, 0.29) is 11.8 Å². The molecule has 144 valence electrons. The molecule has 3 aromatic rings. The molecule has 0 bridgehead atoms. The third-order valence-corrected chi connectivity index (χ3v) is 6.23. The van der Waals surface area contributed by atoms with Crippen LogP contribution in [0.25, 0.3) is 10.9 Å². The number of nitrogens with zero attached hydrogens (tertiary/aromatic N) is 3. The second-order valence-electron chi connectivity index (χ2n) is 8.47. The van der Waals surface area contributed by atoms with Crippen molar-refractivity contribution in [3.05, 3.63) is 54.4 Å². The zero-order chi connectivity index (χ0) is 19.1. The highest BCUT2D eigenvalue weighted by Crippen LogP contribution is 2.51. The molecule has 5 rings (SSSR count). The maximum Gasteiger partial charge on any atom is 0.228 e. The van der Waals surface area contributed by atoms with Gasteiger partial charge in [-0.05, 0) is 43.2 Å². The van der Waals surface area contributed by atoms with Crippen LogP contribution in [-0.2, 0) is 11.3 Å². The van der Waals surface area contributed by atoms with E-state index in [1.54, 1.807) is 0 Å². The summed E-state index contributed by atoms with van der Waals surface area (Å²) >= 11 is 0. The van der Waals surface area contributed by atoms with Gasteiger partial charge in [-0.15, -0.1) is 0 Å². The monoisotopic (exact) mass is 375 g/mol. The SMILES string of the molecule is CC1CC2(CN1)CC(C(=O)Nc1ccn(Cc3cccc4cccnc34)n1)C2. The molecular formula is C22H25N5O. The first kappa shape index (κ1) is 17.4. The molecule has 1 aliphatic carbocycles. The van der Waals surface area contributed by atoms with Crippen LogP contribution in [-0.4, -0.2) is 33.3 Å². The van der Waals surface area contributed by atoms with Crippen LogP contribution < -0.4 is 10.6 Å². The third kappa shape index (κ3) is 3.18. The molecule has 6 nitrogen and oxygen atoms in total. The molecule has 2 N–H and O–H groups in total. The molecule has 1 amide bonds. The first-order valence-electron chi connectivity index (χ1n) is 10.0. The fourth-order valence-electron chi connectivity index (χ4n) is 4.88. The number of rotatable bonds is 4. The maximum atomic E-state index is 12.6. The van der Waals surface area contributed by atoms with E-state index in [0.29, 0.717) is 23.8 Å². The van der Waals surface area contributed by atoms with E-state index >= 15 is 0 Å². The summed E-state index contributed by atoms with van der Waals surface area (Å²) in [6.07, 6.45) is 6.87. The van der Waals surface area contributed by atoms with Crippen molar-refractivity contribution in [1.29, 1.82) is 0 Å². The summed E-state index contributed by atoms with van der Waals surface area (Å²) in [5.74, 6) is 0.832. The van der Waals surface area contributed by atoms with E-state index in [4.69, 9.17) is 0 Å². The number of carbonyl (C=O) groups is 1. The van der Waals surface area contributed by atoms with Crippen molar-refractivity contribution in [3.8, 4) is 0 Å². The maximum absolute atomic E-state index is 12.6. The van der Waals surface area contributed by atoms with Crippen LogP contribution in [0.15, 0.2) is 48.8 Å². The molecule has 1 unspecified atom stereocenters. The number of anilines is 1. The molecule has 2 aliphatic rings. The fourth-order valence-corrected chi connectivity index (χ4v) is 4.88. The molecule has 1 aliphatic heterocycles. The zero-order valence-electron chi connectivity index (χ0n) is 16.1. The van der Waals surface area contributed by atoms with Gasteiger partial charge in [0.2, 0.25) is 5.91 Å². The smallest absolute Gasteiger partial charge is 0.228 e. The molecular weight excluding hydrogens is 350 g/mol. The number of hydrogen-bond donors (Lipinski definition) is 2. The number of hydrogen-bond acceptors (Lipinski definition) is 4. The van der Waals surface area contributed by atoms with Gasteiger partial charge in [0.15, 0.2) is 5.82 Å². The largest absolute Gasteiger partial charge is 0.314 e. The average Bonchev–Trinajstić information content (AvgIpc) is 3.27. The summed E-state index contributed by atoms with van der Waals surface area (Å²) in [6, 6.07) is 12.6. The van der Waals surface area contributed by atoms with Gasteiger partial charge in [-0.3, -0.25) is 14.5 Å². The average molecular weight is 375 g/mol. The standard InChI is InChI=1S/C22H25N5O/c1-15-10-22(14-24-15)11-18(12-22)21(28)25-19-7-9-27(26-19)13-17-5-2-4-16-6-3-8-23-20(16)17/h2-9,15,18,24H,10-14H2,1H3,(H,25,26,28). The third-order valence-electron chi connectivity index (χ3n) is 6.23. The highest BCUT2D eigenvalue weighted by molar-refractivity contribution is 5.92.